The number of rotatable bonds is 4. The van der Waals surface area contributed by atoms with Crippen molar-refractivity contribution in [2.24, 2.45) is 0 Å². The van der Waals surface area contributed by atoms with Crippen LogP contribution >= 0.6 is 0 Å². The summed E-state index contributed by atoms with van der Waals surface area (Å²) in [6.45, 7) is 4.20. The van der Waals surface area contributed by atoms with E-state index in [0.717, 1.165) is 0 Å². The van der Waals surface area contributed by atoms with E-state index in [0.29, 0.717) is 64.2 Å². The van der Waals surface area contributed by atoms with Gasteiger partial charge >= 0.3 is 6.09 Å². The first-order valence-electron chi connectivity index (χ1n) is 9.61. The van der Waals surface area contributed by atoms with Crippen LogP contribution in [0.15, 0.2) is 24.3 Å². The first kappa shape index (κ1) is 19.6. The average Bonchev–Trinajstić information content (AvgIpc) is 2.69. The van der Waals surface area contributed by atoms with Crippen LogP contribution in [0, 0.1) is 5.82 Å². The van der Waals surface area contributed by atoms with Crippen LogP contribution in [-0.2, 0) is 19.7 Å². The number of amides is 2. The van der Waals surface area contributed by atoms with Crippen molar-refractivity contribution in [1.29, 1.82) is 0 Å². The zero-order chi connectivity index (χ0) is 19.3. The third kappa shape index (κ3) is 4.40. The van der Waals surface area contributed by atoms with Crippen LogP contribution in [-0.4, -0.2) is 55.9 Å². The van der Waals surface area contributed by atoms with Crippen LogP contribution in [0.25, 0.3) is 0 Å². The van der Waals surface area contributed by atoms with Gasteiger partial charge in [0.05, 0.1) is 12.0 Å². The fourth-order valence-corrected chi connectivity index (χ4v) is 3.90. The summed E-state index contributed by atoms with van der Waals surface area (Å²) in [5.41, 5.74) is -0.0641. The van der Waals surface area contributed by atoms with Crippen molar-refractivity contribution in [3.63, 3.8) is 0 Å². The number of halogens is 1. The largest absolute Gasteiger partial charge is 0.450 e. The quantitative estimate of drug-likeness (QED) is 0.875. The molecule has 2 aliphatic heterocycles. The van der Waals surface area contributed by atoms with Crippen molar-refractivity contribution in [2.75, 3.05) is 32.9 Å². The number of ether oxygens (including phenoxy) is 2. The molecule has 0 unspecified atom stereocenters. The molecule has 3 rings (SSSR count). The molecule has 1 aromatic carbocycles. The van der Waals surface area contributed by atoms with E-state index in [1.165, 1.54) is 12.1 Å². The van der Waals surface area contributed by atoms with E-state index in [2.05, 4.69) is 5.32 Å². The molecule has 0 bridgehead atoms. The monoisotopic (exact) mass is 378 g/mol. The lowest BCUT2D eigenvalue weighted by molar-refractivity contribution is -0.131. The molecular weight excluding hydrogens is 351 g/mol. The standard InChI is InChI=1S/C20H27FN2O4/c1-2-27-19(25)23-10-6-17(7-11-23)22-18(24)20(8-12-26-13-9-20)15-4-3-5-16(21)14-15/h3-5,14,17H,2,6-13H2,1H3,(H,22,24). The second kappa shape index (κ2) is 8.69. The number of carbonyl (C=O) groups is 2. The third-order valence-corrected chi connectivity index (χ3v) is 5.51. The number of piperidine rings is 1. The van der Waals surface area contributed by atoms with E-state index in [4.69, 9.17) is 9.47 Å². The average molecular weight is 378 g/mol. The van der Waals surface area contributed by atoms with Crippen molar-refractivity contribution in [3.05, 3.63) is 35.6 Å². The van der Waals surface area contributed by atoms with Crippen molar-refractivity contribution in [2.45, 2.75) is 44.1 Å². The zero-order valence-electron chi connectivity index (χ0n) is 15.7. The highest BCUT2D eigenvalue weighted by atomic mass is 19.1. The fraction of sp³-hybridized carbons (Fsp3) is 0.600. The van der Waals surface area contributed by atoms with Crippen LogP contribution in [0.4, 0.5) is 9.18 Å². The molecule has 27 heavy (non-hydrogen) atoms. The normalized spacial score (nSPS) is 20.1. The Morgan fingerprint density at radius 2 is 2.00 bits per heavy atom. The molecule has 1 N–H and O–H groups in total. The van der Waals surface area contributed by atoms with Crippen molar-refractivity contribution in [3.8, 4) is 0 Å². The maximum atomic E-state index is 13.8. The Kier molecular flexibility index (Phi) is 6.31. The molecule has 6 nitrogen and oxygen atoms in total. The molecule has 2 fully saturated rings. The van der Waals surface area contributed by atoms with E-state index >= 15 is 0 Å². The van der Waals surface area contributed by atoms with Crippen LogP contribution in [0.2, 0.25) is 0 Å². The molecule has 1 aromatic rings. The van der Waals surface area contributed by atoms with Crippen molar-refractivity contribution in [1.82, 2.24) is 10.2 Å². The summed E-state index contributed by atoms with van der Waals surface area (Å²) in [7, 11) is 0. The lowest BCUT2D eigenvalue weighted by atomic mass is 9.73. The summed E-state index contributed by atoms with van der Waals surface area (Å²) in [6, 6.07) is 6.30. The molecule has 2 amide bonds. The third-order valence-electron chi connectivity index (χ3n) is 5.51. The van der Waals surface area contributed by atoms with Gasteiger partial charge in [-0.25, -0.2) is 9.18 Å². The summed E-state index contributed by atoms with van der Waals surface area (Å²) in [4.78, 5) is 26.7. The topological polar surface area (TPSA) is 67.9 Å². The van der Waals surface area contributed by atoms with E-state index < -0.39 is 5.41 Å². The highest BCUT2D eigenvalue weighted by Crippen LogP contribution is 2.36. The lowest BCUT2D eigenvalue weighted by Crippen LogP contribution is -2.53. The predicted octanol–water partition coefficient (Wildman–Crippen LogP) is 2.61. The smallest absolute Gasteiger partial charge is 0.409 e. The second-order valence-electron chi connectivity index (χ2n) is 7.14. The van der Waals surface area contributed by atoms with E-state index in [9.17, 15) is 14.0 Å². The summed E-state index contributed by atoms with van der Waals surface area (Å²) in [5, 5.41) is 3.14. The molecule has 0 aliphatic carbocycles. The SMILES string of the molecule is CCOC(=O)N1CCC(NC(=O)C2(c3cccc(F)c3)CCOCC2)CC1. The minimum atomic E-state index is -0.765. The maximum absolute atomic E-state index is 13.8. The number of nitrogens with zero attached hydrogens (tertiary/aromatic N) is 1. The van der Waals surface area contributed by atoms with E-state index in [-0.39, 0.29) is 23.9 Å². The minimum Gasteiger partial charge on any atom is -0.450 e. The molecule has 0 saturated carbocycles. The Hall–Kier alpha value is -2.15. The Morgan fingerprint density at radius 3 is 2.63 bits per heavy atom. The van der Waals surface area contributed by atoms with Gasteiger partial charge < -0.3 is 19.7 Å². The van der Waals surface area contributed by atoms with Crippen molar-refractivity contribution >= 4 is 12.0 Å². The lowest BCUT2D eigenvalue weighted by Gasteiger charge is -2.39. The zero-order valence-corrected chi connectivity index (χ0v) is 15.7. The van der Waals surface area contributed by atoms with Gasteiger partial charge in [0.1, 0.15) is 5.82 Å². The van der Waals surface area contributed by atoms with Gasteiger partial charge in [-0.05, 0) is 50.3 Å². The maximum Gasteiger partial charge on any atom is 0.409 e. The molecule has 2 aliphatic rings. The number of carbonyl (C=O) groups excluding carboxylic acids is 2. The van der Waals surface area contributed by atoms with Gasteiger partial charge in [-0.15, -0.1) is 0 Å². The van der Waals surface area contributed by atoms with Gasteiger partial charge in [0.15, 0.2) is 0 Å². The highest BCUT2D eigenvalue weighted by Gasteiger charge is 2.42. The molecule has 0 radical (unpaired) electrons. The molecule has 0 spiro atoms. The number of likely N-dealkylation sites (tertiary alicyclic amines) is 1. The molecule has 7 heteroatoms. The first-order chi connectivity index (χ1) is 13.0. The Morgan fingerprint density at radius 1 is 1.30 bits per heavy atom. The van der Waals surface area contributed by atoms with E-state index in [1.807, 2.05) is 6.07 Å². The summed E-state index contributed by atoms with van der Waals surface area (Å²) < 4.78 is 24.3. The Bertz CT molecular complexity index is 668. The van der Waals surface area contributed by atoms with Crippen LogP contribution < -0.4 is 5.32 Å². The number of hydrogen-bond donors (Lipinski definition) is 1. The van der Waals surface area contributed by atoms with Crippen LogP contribution in [0.3, 0.4) is 0 Å². The van der Waals surface area contributed by atoms with Gasteiger partial charge in [-0.1, -0.05) is 12.1 Å². The summed E-state index contributed by atoms with van der Waals surface area (Å²) in [6.07, 6.45) is 2.12. The number of benzene rings is 1. The first-order valence-corrected chi connectivity index (χ1v) is 9.61. The van der Waals surface area contributed by atoms with Crippen molar-refractivity contribution < 1.29 is 23.5 Å². The summed E-state index contributed by atoms with van der Waals surface area (Å²) >= 11 is 0. The number of hydrogen-bond acceptors (Lipinski definition) is 4. The minimum absolute atomic E-state index is 0.00328. The Labute approximate surface area is 159 Å². The Balaban J connectivity index is 1.67. The van der Waals surface area contributed by atoms with E-state index in [1.54, 1.807) is 17.9 Å². The van der Waals surface area contributed by atoms with Gasteiger partial charge in [-0.2, -0.15) is 0 Å². The van der Waals surface area contributed by atoms with Gasteiger partial charge in [0.2, 0.25) is 5.91 Å². The predicted molar refractivity (Wildman–Crippen MR) is 97.9 cm³/mol. The fourth-order valence-electron chi connectivity index (χ4n) is 3.90. The molecule has 2 saturated heterocycles. The second-order valence-corrected chi connectivity index (χ2v) is 7.14. The van der Waals surface area contributed by atoms with Gasteiger partial charge in [-0.3, -0.25) is 4.79 Å². The van der Waals surface area contributed by atoms with Crippen LogP contribution in [0.1, 0.15) is 38.2 Å². The molecule has 0 atom stereocenters. The molecule has 2 heterocycles. The number of nitrogens with one attached hydrogen (secondary N) is 1. The molecule has 148 valence electrons. The van der Waals surface area contributed by atoms with Gasteiger partial charge in [0, 0.05) is 32.3 Å². The van der Waals surface area contributed by atoms with Crippen LogP contribution in [0.5, 0.6) is 0 Å². The van der Waals surface area contributed by atoms with Gasteiger partial charge in [0.25, 0.3) is 0 Å². The summed E-state index contributed by atoms with van der Waals surface area (Å²) in [5.74, 6) is -0.417. The highest BCUT2D eigenvalue weighted by molar-refractivity contribution is 5.88. The molecule has 0 aromatic heterocycles. The molecular formula is C20H27FN2O4.